The van der Waals surface area contributed by atoms with Crippen molar-refractivity contribution < 1.29 is 9.53 Å². The summed E-state index contributed by atoms with van der Waals surface area (Å²) in [5.74, 6) is 0.719. The van der Waals surface area contributed by atoms with Gasteiger partial charge in [0.15, 0.2) is 5.78 Å². The number of hydrogen-bond acceptors (Lipinski definition) is 2. The molecular weight excluding hydrogens is 248 g/mol. The normalized spacial score (nSPS) is 9.90. The molecule has 2 rings (SSSR count). The first kappa shape index (κ1) is 14.1. The van der Waals surface area contributed by atoms with E-state index in [4.69, 9.17) is 4.74 Å². The van der Waals surface area contributed by atoms with Crippen molar-refractivity contribution in [2.75, 3.05) is 0 Å². The van der Waals surface area contributed by atoms with E-state index in [1.54, 1.807) is 18.2 Å². The first-order valence-electron chi connectivity index (χ1n) is 6.61. The van der Waals surface area contributed by atoms with Crippen LogP contribution in [-0.4, -0.2) is 5.78 Å². The lowest BCUT2D eigenvalue weighted by Crippen LogP contribution is -1.98. The highest BCUT2D eigenvalue weighted by Gasteiger charge is 2.04. The third-order valence-electron chi connectivity index (χ3n) is 2.79. The zero-order valence-corrected chi connectivity index (χ0v) is 11.8. The molecule has 102 valence electrons. The number of ketones is 1. The van der Waals surface area contributed by atoms with Gasteiger partial charge in [-0.25, -0.2) is 0 Å². The van der Waals surface area contributed by atoms with Gasteiger partial charge in [0.05, 0.1) is 0 Å². The van der Waals surface area contributed by atoms with Gasteiger partial charge in [-0.1, -0.05) is 48.0 Å². The molecule has 0 bridgehead atoms. The van der Waals surface area contributed by atoms with Crippen LogP contribution in [0, 0.1) is 0 Å². The van der Waals surface area contributed by atoms with Crippen LogP contribution in [0.25, 0.3) is 0 Å². The summed E-state index contributed by atoms with van der Waals surface area (Å²) in [4.78, 5) is 11.9. The van der Waals surface area contributed by atoms with Crippen LogP contribution >= 0.6 is 0 Å². The Balaban J connectivity index is 2.07. The standard InChI is InChI=1S/C18H18O2/c1-14(2)11-18(19)16-9-6-10-17(12-16)20-13-15-7-4-3-5-8-15/h3-12H,13H2,1-2H3. The molecule has 2 aromatic rings. The molecule has 0 fully saturated rings. The van der Waals surface area contributed by atoms with Gasteiger partial charge in [0.25, 0.3) is 0 Å². The summed E-state index contributed by atoms with van der Waals surface area (Å²) in [7, 11) is 0. The SMILES string of the molecule is CC(C)=CC(=O)c1cccc(OCc2ccccc2)c1. The lowest BCUT2D eigenvalue weighted by Gasteiger charge is -2.07. The fraction of sp³-hybridized carbons (Fsp3) is 0.167. The smallest absolute Gasteiger partial charge is 0.185 e. The third kappa shape index (κ3) is 4.09. The van der Waals surface area contributed by atoms with Crippen LogP contribution in [0.1, 0.15) is 29.8 Å². The number of hydrogen-bond donors (Lipinski definition) is 0. The highest BCUT2D eigenvalue weighted by atomic mass is 16.5. The Morgan fingerprint density at radius 1 is 1.05 bits per heavy atom. The van der Waals surface area contributed by atoms with E-state index in [2.05, 4.69) is 0 Å². The van der Waals surface area contributed by atoms with Gasteiger partial charge in [0, 0.05) is 5.56 Å². The number of ether oxygens (including phenoxy) is 1. The average molecular weight is 266 g/mol. The monoisotopic (exact) mass is 266 g/mol. The fourth-order valence-electron chi connectivity index (χ4n) is 1.83. The van der Waals surface area contributed by atoms with E-state index in [0.717, 1.165) is 11.1 Å². The maximum absolute atomic E-state index is 11.9. The zero-order chi connectivity index (χ0) is 14.4. The Bertz CT molecular complexity index is 608. The lowest BCUT2D eigenvalue weighted by atomic mass is 10.1. The molecule has 2 aromatic carbocycles. The van der Waals surface area contributed by atoms with Gasteiger partial charge < -0.3 is 4.74 Å². The third-order valence-corrected chi connectivity index (χ3v) is 2.79. The largest absolute Gasteiger partial charge is 0.489 e. The van der Waals surface area contributed by atoms with Gasteiger partial charge in [0.2, 0.25) is 0 Å². The van der Waals surface area contributed by atoms with E-state index in [-0.39, 0.29) is 5.78 Å². The van der Waals surface area contributed by atoms with Crippen LogP contribution < -0.4 is 4.74 Å². The average Bonchev–Trinajstić information content (AvgIpc) is 2.46. The maximum Gasteiger partial charge on any atom is 0.185 e. The van der Waals surface area contributed by atoms with Gasteiger partial charge in [0.1, 0.15) is 12.4 Å². The Hall–Kier alpha value is -2.35. The zero-order valence-electron chi connectivity index (χ0n) is 11.8. The van der Waals surface area contributed by atoms with Crippen molar-refractivity contribution in [1.82, 2.24) is 0 Å². The van der Waals surface area contributed by atoms with Crippen molar-refractivity contribution in [2.45, 2.75) is 20.5 Å². The summed E-state index contributed by atoms with van der Waals surface area (Å²) in [5.41, 5.74) is 2.75. The van der Waals surface area contributed by atoms with Gasteiger partial charge in [-0.15, -0.1) is 0 Å². The summed E-state index contributed by atoms with van der Waals surface area (Å²) in [6, 6.07) is 17.2. The molecule has 0 heterocycles. The summed E-state index contributed by atoms with van der Waals surface area (Å²) in [6.45, 7) is 4.32. The highest BCUT2D eigenvalue weighted by molar-refractivity contribution is 6.05. The van der Waals surface area contributed by atoms with E-state index >= 15 is 0 Å². The van der Waals surface area contributed by atoms with Crippen molar-refractivity contribution in [3.8, 4) is 5.75 Å². The molecule has 0 amide bonds. The molecule has 0 saturated carbocycles. The summed E-state index contributed by atoms with van der Waals surface area (Å²) >= 11 is 0. The summed E-state index contributed by atoms with van der Waals surface area (Å²) in [5, 5.41) is 0. The van der Waals surface area contributed by atoms with Crippen molar-refractivity contribution in [2.24, 2.45) is 0 Å². The minimum atomic E-state index is 0.00941. The molecule has 0 atom stereocenters. The topological polar surface area (TPSA) is 26.3 Å². The molecule has 0 radical (unpaired) electrons. The minimum absolute atomic E-state index is 0.00941. The van der Waals surface area contributed by atoms with E-state index in [1.807, 2.05) is 56.3 Å². The Morgan fingerprint density at radius 2 is 1.80 bits per heavy atom. The second-order valence-corrected chi connectivity index (χ2v) is 4.89. The molecule has 0 aliphatic heterocycles. The van der Waals surface area contributed by atoms with Crippen LogP contribution in [0.2, 0.25) is 0 Å². The molecule has 2 nitrogen and oxygen atoms in total. The molecule has 0 spiro atoms. The second-order valence-electron chi connectivity index (χ2n) is 4.89. The van der Waals surface area contributed by atoms with E-state index in [9.17, 15) is 4.79 Å². The minimum Gasteiger partial charge on any atom is -0.489 e. The van der Waals surface area contributed by atoms with Crippen LogP contribution in [0.15, 0.2) is 66.2 Å². The summed E-state index contributed by atoms with van der Waals surface area (Å²) in [6.07, 6.45) is 1.64. The van der Waals surface area contributed by atoms with Crippen LogP contribution in [0.3, 0.4) is 0 Å². The first-order valence-corrected chi connectivity index (χ1v) is 6.61. The Kier molecular flexibility index (Phi) is 4.72. The molecule has 0 aliphatic rings. The first-order chi connectivity index (χ1) is 9.65. The lowest BCUT2D eigenvalue weighted by molar-refractivity contribution is 0.104. The van der Waals surface area contributed by atoms with Crippen molar-refractivity contribution in [3.05, 3.63) is 77.4 Å². The second kappa shape index (κ2) is 6.71. The molecule has 0 unspecified atom stereocenters. The number of allylic oxidation sites excluding steroid dienone is 2. The van der Waals surface area contributed by atoms with E-state index < -0.39 is 0 Å². The Labute approximate surface area is 119 Å². The van der Waals surface area contributed by atoms with Crippen molar-refractivity contribution in [3.63, 3.8) is 0 Å². The molecule has 0 saturated heterocycles. The highest BCUT2D eigenvalue weighted by Crippen LogP contribution is 2.16. The molecule has 0 N–H and O–H groups in total. The number of benzene rings is 2. The Morgan fingerprint density at radius 3 is 2.50 bits per heavy atom. The number of carbonyl (C=O) groups is 1. The van der Waals surface area contributed by atoms with Crippen molar-refractivity contribution in [1.29, 1.82) is 0 Å². The number of carbonyl (C=O) groups excluding carboxylic acids is 1. The summed E-state index contributed by atoms with van der Waals surface area (Å²) < 4.78 is 5.71. The molecule has 2 heteroatoms. The predicted octanol–water partition coefficient (Wildman–Crippen LogP) is 4.41. The molecular formula is C18H18O2. The fourth-order valence-corrected chi connectivity index (χ4v) is 1.83. The maximum atomic E-state index is 11.9. The number of rotatable bonds is 5. The predicted molar refractivity (Wildman–Crippen MR) is 81.0 cm³/mol. The quantitative estimate of drug-likeness (QED) is 0.591. The molecule has 0 aliphatic carbocycles. The van der Waals surface area contributed by atoms with E-state index in [0.29, 0.717) is 17.9 Å². The van der Waals surface area contributed by atoms with Gasteiger partial charge in [-0.3, -0.25) is 4.79 Å². The van der Waals surface area contributed by atoms with Crippen molar-refractivity contribution >= 4 is 5.78 Å². The van der Waals surface area contributed by atoms with Crippen LogP contribution in [0.5, 0.6) is 5.75 Å². The van der Waals surface area contributed by atoms with Gasteiger partial charge in [-0.2, -0.15) is 0 Å². The van der Waals surface area contributed by atoms with Crippen LogP contribution in [0.4, 0.5) is 0 Å². The van der Waals surface area contributed by atoms with Crippen LogP contribution in [-0.2, 0) is 6.61 Å². The van der Waals surface area contributed by atoms with Gasteiger partial charge in [-0.05, 0) is 37.6 Å². The molecule has 0 aromatic heterocycles. The van der Waals surface area contributed by atoms with Gasteiger partial charge >= 0.3 is 0 Å². The van der Waals surface area contributed by atoms with E-state index in [1.165, 1.54) is 0 Å². The molecule has 20 heavy (non-hydrogen) atoms.